The molecule has 2 aromatic carbocycles. The molecule has 0 heterocycles. The van der Waals surface area contributed by atoms with Crippen molar-refractivity contribution < 1.29 is 9.47 Å². The topological polar surface area (TPSA) is 30.5 Å². The lowest BCUT2D eigenvalue weighted by molar-refractivity contribution is 0.306. The van der Waals surface area contributed by atoms with E-state index >= 15 is 0 Å². The summed E-state index contributed by atoms with van der Waals surface area (Å²) in [6.45, 7) is 3.50. The second-order valence-electron chi connectivity index (χ2n) is 4.48. The molecule has 0 aliphatic rings. The number of nitrogens with one attached hydrogen (secondary N) is 1. The second kappa shape index (κ2) is 7.43. The Morgan fingerprint density at radius 3 is 2.30 bits per heavy atom. The van der Waals surface area contributed by atoms with Crippen LogP contribution in [0.3, 0.4) is 0 Å². The Hall–Kier alpha value is -2.16. The highest BCUT2D eigenvalue weighted by Crippen LogP contribution is 2.25. The minimum Gasteiger partial charge on any atom is -0.493 e. The molecule has 106 valence electrons. The molecule has 0 aliphatic heterocycles. The summed E-state index contributed by atoms with van der Waals surface area (Å²) in [5.41, 5.74) is 2.46. The number of para-hydroxylation sites is 2. The molecule has 1 N–H and O–H groups in total. The van der Waals surface area contributed by atoms with Crippen LogP contribution >= 0.6 is 0 Å². The molecule has 0 unspecified atom stereocenters. The number of benzene rings is 2. The van der Waals surface area contributed by atoms with Gasteiger partial charge in [0, 0.05) is 12.2 Å². The van der Waals surface area contributed by atoms with Crippen LogP contribution in [0, 0.1) is 0 Å². The Morgan fingerprint density at radius 2 is 1.65 bits per heavy atom. The molecule has 3 heteroatoms. The average molecular weight is 271 g/mol. The first-order valence-electron chi connectivity index (χ1n) is 6.92. The normalized spacial score (nSPS) is 10.1. The lowest BCUT2D eigenvalue weighted by Crippen LogP contribution is -2.11. The third-order valence-corrected chi connectivity index (χ3v) is 3.12. The van der Waals surface area contributed by atoms with Gasteiger partial charge in [0.05, 0.1) is 7.11 Å². The quantitative estimate of drug-likeness (QED) is 0.778. The number of hydrogen-bond donors (Lipinski definition) is 1. The first kappa shape index (κ1) is 14.3. The number of methoxy groups -OCH3 is 1. The molecular weight excluding hydrogens is 250 g/mol. The van der Waals surface area contributed by atoms with E-state index < -0.39 is 0 Å². The summed E-state index contributed by atoms with van der Waals surface area (Å²) in [6, 6.07) is 16.2. The molecule has 20 heavy (non-hydrogen) atoms. The van der Waals surface area contributed by atoms with Gasteiger partial charge in [-0.25, -0.2) is 0 Å². The van der Waals surface area contributed by atoms with Crippen molar-refractivity contribution >= 4 is 5.69 Å². The van der Waals surface area contributed by atoms with Crippen molar-refractivity contribution in [2.45, 2.75) is 13.3 Å². The van der Waals surface area contributed by atoms with Crippen molar-refractivity contribution in [1.82, 2.24) is 0 Å². The van der Waals surface area contributed by atoms with E-state index in [1.807, 2.05) is 24.3 Å². The minimum atomic E-state index is 0.593. The van der Waals surface area contributed by atoms with Gasteiger partial charge in [0.2, 0.25) is 0 Å². The van der Waals surface area contributed by atoms with Crippen LogP contribution in [0.25, 0.3) is 0 Å². The summed E-state index contributed by atoms with van der Waals surface area (Å²) < 4.78 is 10.9. The van der Waals surface area contributed by atoms with Crippen molar-refractivity contribution in [2.75, 3.05) is 25.6 Å². The van der Waals surface area contributed by atoms with Gasteiger partial charge in [0.15, 0.2) is 11.5 Å². The Labute approximate surface area is 120 Å². The molecule has 0 atom stereocenters. The number of rotatable bonds is 7. The highest BCUT2D eigenvalue weighted by Gasteiger charge is 2.01. The van der Waals surface area contributed by atoms with Gasteiger partial charge in [0.25, 0.3) is 0 Å². The summed E-state index contributed by atoms with van der Waals surface area (Å²) in [6.07, 6.45) is 1.07. The van der Waals surface area contributed by atoms with E-state index in [2.05, 4.69) is 36.5 Å². The van der Waals surface area contributed by atoms with Gasteiger partial charge in [-0.1, -0.05) is 31.2 Å². The fourth-order valence-corrected chi connectivity index (χ4v) is 1.95. The molecule has 2 aromatic rings. The van der Waals surface area contributed by atoms with Gasteiger partial charge in [-0.3, -0.25) is 0 Å². The lowest BCUT2D eigenvalue weighted by Gasteiger charge is -2.11. The maximum atomic E-state index is 5.71. The number of hydrogen-bond acceptors (Lipinski definition) is 3. The van der Waals surface area contributed by atoms with Crippen molar-refractivity contribution in [2.24, 2.45) is 0 Å². The maximum Gasteiger partial charge on any atom is 0.161 e. The SMILES string of the molecule is CCc1ccc(NCCOc2ccccc2OC)cc1. The van der Waals surface area contributed by atoms with E-state index in [0.29, 0.717) is 6.61 Å². The molecule has 0 bridgehead atoms. The van der Waals surface area contributed by atoms with Gasteiger partial charge in [-0.2, -0.15) is 0 Å². The molecular formula is C17H21NO2. The van der Waals surface area contributed by atoms with Crippen molar-refractivity contribution in [3.8, 4) is 11.5 Å². The van der Waals surface area contributed by atoms with E-state index in [0.717, 1.165) is 30.2 Å². The van der Waals surface area contributed by atoms with Crippen LogP contribution in [0.2, 0.25) is 0 Å². The summed E-state index contributed by atoms with van der Waals surface area (Å²) in [4.78, 5) is 0. The van der Waals surface area contributed by atoms with Crippen LogP contribution in [0.15, 0.2) is 48.5 Å². The Morgan fingerprint density at radius 1 is 0.950 bits per heavy atom. The Balaban J connectivity index is 1.78. The average Bonchev–Trinajstić information content (AvgIpc) is 2.52. The van der Waals surface area contributed by atoms with Crippen molar-refractivity contribution in [3.05, 3.63) is 54.1 Å². The number of anilines is 1. The first-order valence-corrected chi connectivity index (χ1v) is 6.92. The smallest absolute Gasteiger partial charge is 0.161 e. The van der Waals surface area contributed by atoms with Crippen LogP contribution in [-0.2, 0) is 6.42 Å². The molecule has 0 aliphatic carbocycles. The third kappa shape index (κ3) is 3.92. The van der Waals surface area contributed by atoms with Crippen molar-refractivity contribution in [3.63, 3.8) is 0 Å². The van der Waals surface area contributed by atoms with Crippen LogP contribution in [0.4, 0.5) is 5.69 Å². The summed E-state index contributed by atoms with van der Waals surface area (Å²) >= 11 is 0. The zero-order valence-electron chi connectivity index (χ0n) is 12.1. The highest BCUT2D eigenvalue weighted by atomic mass is 16.5. The van der Waals surface area contributed by atoms with E-state index in [-0.39, 0.29) is 0 Å². The predicted octanol–water partition coefficient (Wildman–Crippen LogP) is 3.75. The summed E-state index contributed by atoms with van der Waals surface area (Å²) in [5, 5.41) is 3.34. The molecule has 0 aromatic heterocycles. The summed E-state index contributed by atoms with van der Waals surface area (Å²) in [5.74, 6) is 1.54. The van der Waals surface area contributed by atoms with Crippen LogP contribution in [-0.4, -0.2) is 20.3 Å². The zero-order valence-corrected chi connectivity index (χ0v) is 12.1. The molecule has 2 rings (SSSR count). The highest BCUT2D eigenvalue weighted by molar-refractivity contribution is 5.44. The van der Waals surface area contributed by atoms with Gasteiger partial charge in [-0.05, 0) is 36.2 Å². The van der Waals surface area contributed by atoms with Gasteiger partial charge in [-0.15, -0.1) is 0 Å². The zero-order chi connectivity index (χ0) is 14.2. The third-order valence-electron chi connectivity index (χ3n) is 3.12. The van der Waals surface area contributed by atoms with Crippen LogP contribution in [0.5, 0.6) is 11.5 Å². The molecule has 0 spiro atoms. The summed E-state index contributed by atoms with van der Waals surface area (Å²) in [7, 11) is 1.65. The second-order valence-corrected chi connectivity index (χ2v) is 4.48. The Kier molecular flexibility index (Phi) is 5.30. The minimum absolute atomic E-state index is 0.593. The van der Waals surface area contributed by atoms with Gasteiger partial charge in [0.1, 0.15) is 6.61 Å². The van der Waals surface area contributed by atoms with E-state index in [1.54, 1.807) is 7.11 Å². The van der Waals surface area contributed by atoms with Gasteiger partial charge >= 0.3 is 0 Å². The fourth-order valence-electron chi connectivity index (χ4n) is 1.95. The molecule has 0 fully saturated rings. The maximum absolute atomic E-state index is 5.71. The van der Waals surface area contributed by atoms with E-state index in [1.165, 1.54) is 5.56 Å². The number of ether oxygens (including phenoxy) is 2. The van der Waals surface area contributed by atoms with Crippen LogP contribution < -0.4 is 14.8 Å². The van der Waals surface area contributed by atoms with Crippen LogP contribution in [0.1, 0.15) is 12.5 Å². The first-order chi connectivity index (χ1) is 9.83. The van der Waals surface area contributed by atoms with Gasteiger partial charge < -0.3 is 14.8 Å². The lowest BCUT2D eigenvalue weighted by atomic mass is 10.1. The Bertz CT molecular complexity index is 523. The predicted molar refractivity (Wildman–Crippen MR) is 82.8 cm³/mol. The standard InChI is InChI=1S/C17H21NO2/c1-3-14-8-10-15(11-9-14)18-12-13-20-17-7-5-4-6-16(17)19-2/h4-11,18H,3,12-13H2,1-2H3. The van der Waals surface area contributed by atoms with E-state index in [9.17, 15) is 0 Å². The monoisotopic (exact) mass is 271 g/mol. The molecule has 0 saturated carbocycles. The molecule has 0 radical (unpaired) electrons. The molecule has 0 amide bonds. The molecule has 0 saturated heterocycles. The number of aryl methyl sites for hydroxylation is 1. The fraction of sp³-hybridized carbons (Fsp3) is 0.294. The molecule has 3 nitrogen and oxygen atoms in total. The van der Waals surface area contributed by atoms with Crippen molar-refractivity contribution in [1.29, 1.82) is 0 Å². The van der Waals surface area contributed by atoms with E-state index in [4.69, 9.17) is 9.47 Å². The largest absolute Gasteiger partial charge is 0.493 e.